The fraction of sp³-hybridized carbons (Fsp3) is 0.217. The molecule has 3 heterocycles. The van der Waals surface area contributed by atoms with Crippen LogP contribution in [0.15, 0.2) is 42.6 Å². The Hall–Kier alpha value is -4.19. The topological polar surface area (TPSA) is 119 Å². The van der Waals surface area contributed by atoms with Gasteiger partial charge >= 0.3 is 0 Å². The highest BCUT2D eigenvalue weighted by Crippen LogP contribution is 2.38. The standard InChI is InChI=1S/C23H19FN8/c1-13-15(10-25)4-2-6-17(13)23-28-21(20(24)22(26)29-23)19-12-32(31-30-19)11-16-5-3-7-18(27-16)14-8-9-14/h2-7,12,14H,8-9,11H2,1H3,(H2,26,28,29). The smallest absolute Gasteiger partial charge is 0.193 e. The molecule has 0 amide bonds. The van der Waals surface area contributed by atoms with Crippen molar-refractivity contribution < 1.29 is 4.39 Å². The van der Waals surface area contributed by atoms with Crippen LogP contribution in [-0.2, 0) is 6.54 Å². The number of nitrogens with two attached hydrogens (primary N) is 1. The summed E-state index contributed by atoms with van der Waals surface area (Å²) in [6.45, 7) is 2.20. The fourth-order valence-corrected chi connectivity index (χ4v) is 3.60. The summed E-state index contributed by atoms with van der Waals surface area (Å²) in [5.41, 5.74) is 9.78. The van der Waals surface area contributed by atoms with Gasteiger partial charge in [-0.3, -0.25) is 4.98 Å². The Morgan fingerprint density at radius 1 is 1.16 bits per heavy atom. The first-order valence-electron chi connectivity index (χ1n) is 10.2. The van der Waals surface area contributed by atoms with Crippen LogP contribution in [-0.4, -0.2) is 29.9 Å². The molecule has 4 aromatic rings. The van der Waals surface area contributed by atoms with E-state index in [0.29, 0.717) is 29.2 Å². The fourth-order valence-electron chi connectivity index (χ4n) is 3.60. The van der Waals surface area contributed by atoms with Gasteiger partial charge in [0, 0.05) is 17.2 Å². The molecule has 1 aromatic carbocycles. The van der Waals surface area contributed by atoms with Crippen molar-refractivity contribution in [3.63, 3.8) is 0 Å². The van der Waals surface area contributed by atoms with E-state index in [-0.39, 0.29) is 23.0 Å². The number of anilines is 1. The second-order valence-electron chi connectivity index (χ2n) is 7.81. The molecule has 0 unspecified atom stereocenters. The molecule has 1 aliphatic rings. The van der Waals surface area contributed by atoms with Crippen LogP contribution in [0.3, 0.4) is 0 Å². The summed E-state index contributed by atoms with van der Waals surface area (Å²) in [6.07, 6.45) is 3.97. The molecule has 1 aliphatic carbocycles. The molecule has 3 aromatic heterocycles. The molecule has 0 saturated heterocycles. The monoisotopic (exact) mass is 426 g/mol. The van der Waals surface area contributed by atoms with Crippen molar-refractivity contribution in [2.75, 3.05) is 5.73 Å². The number of nitrogen functional groups attached to an aromatic ring is 1. The summed E-state index contributed by atoms with van der Waals surface area (Å²) < 4.78 is 16.4. The molecule has 32 heavy (non-hydrogen) atoms. The largest absolute Gasteiger partial charge is 0.381 e. The zero-order valence-electron chi connectivity index (χ0n) is 17.3. The van der Waals surface area contributed by atoms with Crippen LogP contribution < -0.4 is 5.73 Å². The van der Waals surface area contributed by atoms with E-state index in [1.165, 1.54) is 12.8 Å². The number of nitrogens with zero attached hydrogens (tertiary/aromatic N) is 7. The molecule has 0 atom stereocenters. The number of halogens is 1. The maximum Gasteiger partial charge on any atom is 0.193 e. The molecule has 2 N–H and O–H groups in total. The van der Waals surface area contributed by atoms with Gasteiger partial charge in [-0.15, -0.1) is 5.10 Å². The van der Waals surface area contributed by atoms with E-state index in [4.69, 9.17) is 5.73 Å². The predicted octanol–water partition coefficient (Wildman–Crippen LogP) is 3.62. The highest BCUT2D eigenvalue weighted by molar-refractivity contribution is 5.69. The lowest BCUT2D eigenvalue weighted by Gasteiger charge is -2.09. The average Bonchev–Trinajstić information content (AvgIpc) is 3.55. The Labute approximate surface area is 183 Å². The third-order valence-corrected chi connectivity index (χ3v) is 5.50. The van der Waals surface area contributed by atoms with Gasteiger partial charge in [-0.05, 0) is 43.5 Å². The molecular weight excluding hydrogens is 407 g/mol. The number of benzene rings is 1. The van der Waals surface area contributed by atoms with Gasteiger partial charge in [0.1, 0.15) is 11.4 Å². The van der Waals surface area contributed by atoms with Crippen molar-refractivity contribution in [3.05, 3.63) is 70.9 Å². The minimum absolute atomic E-state index is 0.0415. The lowest BCUT2D eigenvalue weighted by Crippen LogP contribution is -2.05. The van der Waals surface area contributed by atoms with Crippen molar-refractivity contribution in [2.24, 2.45) is 0 Å². The minimum atomic E-state index is -0.760. The van der Waals surface area contributed by atoms with Gasteiger partial charge in [-0.1, -0.05) is 23.4 Å². The lowest BCUT2D eigenvalue weighted by molar-refractivity contribution is 0.623. The van der Waals surface area contributed by atoms with Gasteiger partial charge in [0.05, 0.1) is 30.1 Å². The van der Waals surface area contributed by atoms with Crippen LogP contribution in [0.1, 0.15) is 41.3 Å². The number of hydrogen-bond acceptors (Lipinski definition) is 7. The molecular formula is C23H19FN8. The minimum Gasteiger partial charge on any atom is -0.381 e. The van der Waals surface area contributed by atoms with Crippen LogP contribution in [0.5, 0.6) is 0 Å². The third kappa shape index (κ3) is 3.67. The predicted molar refractivity (Wildman–Crippen MR) is 116 cm³/mol. The van der Waals surface area contributed by atoms with Gasteiger partial charge in [0.15, 0.2) is 17.5 Å². The normalized spacial score (nSPS) is 13.2. The van der Waals surface area contributed by atoms with Crippen molar-refractivity contribution in [3.8, 4) is 28.8 Å². The van der Waals surface area contributed by atoms with Crippen molar-refractivity contribution >= 4 is 5.82 Å². The average molecular weight is 426 g/mol. The first-order chi connectivity index (χ1) is 15.5. The lowest BCUT2D eigenvalue weighted by atomic mass is 10.0. The van der Waals surface area contributed by atoms with E-state index >= 15 is 0 Å². The SMILES string of the molecule is Cc1c(C#N)cccc1-c1nc(N)c(F)c(-c2cn(Cc3cccc(C4CC4)n3)nn2)n1. The first-order valence-corrected chi connectivity index (χ1v) is 10.2. The van der Waals surface area contributed by atoms with E-state index in [0.717, 1.165) is 11.4 Å². The number of nitriles is 1. The molecule has 0 bridgehead atoms. The Bertz CT molecular complexity index is 1370. The molecule has 1 fully saturated rings. The summed E-state index contributed by atoms with van der Waals surface area (Å²) in [5.74, 6) is -0.272. The highest BCUT2D eigenvalue weighted by atomic mass is 19.1. The molecule has 158 valence electrons. The van der Waals surface area contributed by atoms with E-state index in [1.54, 1.807) is 36.0 Å². The summed E-state index contributed by atoms with van der Waals surface area (Å²) >= 11 is 0. The maximum absolute atomic E-state index is 14.8. The van der Waals surface area contributed by atoms with E-state index < -0.39 is 5.82 Å². The summed E-state index contributed by atoms with van der Waals surface area (Å²) in [5, 5.41) is 17.5. The number of hydrogen-bond donors (Lipinski definition) is 1. The first kappa shape index (κ1) is 19.8. The van der Waals surface area contributed by atoms with Crippen LogP contribution in [0, 0.1) is 24.1 Å². The van der Waals surface area contributed by atoms with Crippen LogP contribution in [0.2, 0.25) is 0 Å². The van der Waals surface area contributed by atoms with Gasteiger partial charge in [0.25, 0.3) is 0 Å². The summed E-state index contributed by atoms with van der Waals surface area (Å²) in [7, 11) is 0. The number of rotatable bonds is 5. The Kier molecular flexibility index (Phi) is 4.82. The highest BCUT2D eigenvalue weighted by Gasteiger charge is 2.25. The number of aromatic nitrogens is 6. The summed E-state index contributed by atoms with van der Waals surface area (Å²) in [4.78, 5) is 13.1. The second kappa shape index (κ2) is 7.81. The number of pyridine rings is 1. The van der Waals surface area contributed by atoms with Crippen LogP contribution in [0.25, 0.3) is 22.8 Å². The second-order valence-corrected chi connectivity index (χ2v) is 7.81. The van der Waals surface area contributed by atoms with Crippen LogP contribution >= 0.6 is 0 Å². The molecule has 0 aliphatic heterocycles. The van der Waals surface area contributed by atoms with Crippen molar-refractivity contribution in [2.45, 2.75) is 32.2 Å². The van der Waals surface area contributed by atoms with E-state index in [1.807, 2.05) is 18.2 Å². The van der Waals surface area contributed by atoms with Crippen LogP contribution in [0.4, 0.5) is 10.2 Å². The molecule has 5 rings (SSSR count). The van der Waals surface area contributed by atoms with Crippen molar-refractivity contribution in [1.82, 2.24) is 29.9 Å². The van der Waals surface area contributed by atoms with Gasteiger partial charge in [-0.25, -0.2) is 19.0 Å². The Morgan fingerprint density at radius 2 is 1.97 bits per heavy atom. The zero-order chi connectivity index (χ0) is 22.2. The summed E-state index contributed by atoms with van der Waals surface area (Å²) in [6, 6.07) is 13.3. The molecule has 8 nitrogen and oxygen atoms in total. The van der Waals surface area contributed by atoms with Gasteiger partial charge < -0.3 is 5.73 Å². The molecule has 0 radical (unpaired) electrons. The Balaban J connectivity index is 1.49. The Morgan fingerprint density at radius 3 is 2.75 bits per heavy atom. The quantitative estimate of drug-likeness (QED) is 0.517. The van der Waals surface area contributed by atoms with E-state index in [2.05, 4.69) is 31.3 Å². The maximum atomic E-state index is 14.8. The van der Waals surface area contributed by atoms with Gasteiger partial charge in [0.2, 0.25) is 0 Å². The van der Waals surface area contributed by atoms with E-state index in [9.17, 15) is 9.65 Å². The van der Waals surface area contributed by atoms with Gasteiger partial charge in [-0.2, -0.15) is 5.26 Å². The molecule has 0 spiro atoms. The zero-order valence-corrected chi connectivity index (χ0v) is 17.3. The molecule has 1 saturated carbocycles. The van der Waals surface area contributed by atoms with Crippen molar-refractivity contribution in [1.29, 1.82) is 5.26 Å². The molecule has 9 heteroatoms. The third-order valence-electron chi connectivity index (χ3n) is 5.50.